The lowest BCUT2D eigenvalue weighted by Gasteiger charge is -2.28. The summed E-state index contributed by atoms with van der Waals surface area (Å²) in [6.07, 6.45) is 3.18. The molecule has 1 heteroatoms. The van der Waals surface area contributed by atoms with Crippen LogP contribution in [0.2, 0.25) is 0 Å². The first kappa shape index (κ1) is 10.7. The van der Waals surface area contributed by atoms with Gasteiger partial charge in [-0.2, -0.15) is 0 Å². The summed E-state index contributed by atoms with van der Waals surface area (Å²) in [5.74, 6) is 0.490. The zero-order chi connectivity index (χ0) is 11.1. The Labute approximate surface area is 92.1 Å². The van der Waals surface area contributed by atoms with Crippen molar-refractivity contribution in [3.8, 4) is 0 Å². The minimum absolute atomic E-state index is 0.490. The van der Waals surface area contributed by atoms with Crippen LogP contribution in [0, 0.1) is 19.8 Å². The molecule has 1 nitrogen and oxygen atoms in total. The highest BCUT2D eigenvalue weighted by Crippen LogP contribution is 2.47. The smallest absolute Gasteiger partial charge is 0.0922 e. The lowest BCUT2D eigenvalue weighted by atomic mass is 9.85. The van der Waals surface area contributed by atoms with Crippen LogP contribution in [0.3, 0.4) is 0 Å². The van der Waals surface area contributed by atoms with Gasteiger partial charge < -0.3 is 5.11 Å². The second kappa shape index (κ2) is 3.64. The van der Waals surface area contributed by atoms with Gasteiger partial charge in [0.05, 0.1) is 5.60 Å². The SMILES string of the molecule is CCC(O)(c1cc(C)cc(C)c1)C1CC1. The van der Waals surface area contributed by atoms with Gasteiger partial charge in [0, 0.05) is 0 Å². The summed E-state index contributed by atoms with van der Waals surface area (Å²) in [4.78, 5) is 0. The quantitative estimate of drug-likeness (QED) is 0.801. The zero-order valence-corrected chi connectivity index (χ0v) is 9.88. The third kappa shape index (κ3) is 1.93. The Kier molecular flexibility index (Phi) is 2.59. The monoisotopic (exact) mass is 204 g/mol. The Balaban J connectivity index is 2.41. The Morgan fingerprint density at radius 1 is 1.20 bits per heavy atom. The molecule has 0 amide bonds. The van der Waals surface area contributed by atoms with Crippen LogP contribution < -0.4 is 0 Å². The fraction of sp³-hybridized carbons (Fsp3) is 0.571. The largest absolute Gasteiger partial charge is 0.385 e. The Bertz CT molecular complexity index is 345. The molecule has 1 aliphatic carbocycles. The average molecular weight is 204 g/mol. The summed E-state index contributed by atoms with van der Waals surface area (Å²) in [6.45, 7) is 6.27. The summed E-state index contributed by atoms with van der Waals surface area (Å²) >= 11 is 0. The Hall–Kier alpha value is -0.820. The molecule has 15 heavy (non-hydrogen) atoms. The highest BCUT2D eigenvalue weighted by Gasteiger charge is 2.43. The van der Waals surface area contributed by atoms with Gasteiger partial charge in [-0.05, 0) is 44.6 Å². The molecule has 82 valence electrons. The van der Waals surface area contributed by atoms with Crippen LogP contribution in [0.15, 0.2) is 18.2 Å². The van der Waals surface area contributed by atoms with Gasteiger partial charge in [0.2, 0.25) is 0 Å². The molecule has 1 saturated carbocycles. The zero-order valence-electron chi connectivity index (χ0n) is 9.88. The molecule has 1 N–H and O–H groups in total. The second-order valence-corrected chi connectivity index (χ2v) is 4.93. The van der Waals surface area contributed by atoms with E-state index in [2.05, 4.69) is 39.0 Å². The van der Waals surface area contributed by atoms with Crippen molar-refractivity contribution in [3.05, 3.63) is 34.9 Å². The average Bonchev–Trinajstić information content (AvgIpc) is 2.98. The van der Waals surface area contributed by atoms with Crippen molar-refractivity contribution >= 4 is 0 Å². The lowest BCUT2D eigenvalue weighted by Crippen LogP contribution is -2.27. The standard InChI is InChI=1S/C14H20O/c1-4-14(15,12-5-6-12)13-8-10(2)7-11(3)9-13/h7-9,12,15H,4-6H2,1-3H3. The van der Waals surface area contributed by atoms with E-state index in [1.165, 1.54) is 24.0 Å². The van der Waals surface area contributed by atoms with Crippen LogP contribution in [0.5, 0.6) is 0 Å². The minimum Gasteiger partial charge on any atom is -0.385 e. The van der Waals surface area contributed by atoms with Gasteiger partial charge in [-0.15, -0.1) is 0 Å². The molecule has 1 aromatic carbocycles. The van der Waals surface area contributed by atoms with Gasteiger partial charge >= 0.3 is 0 Å². The summed E-state index contributed by atoms with van der Waals surface area (Å²) in [7, 11) is 0. The third-order valence-electron chi connectivity index (χ3n) is 3.51. The number of hydrogen-bond acceptors (Lipinski definition) is 1. The maximum absolute atomic E-state index is 10.7. The Morgan fingerprint density at radius 3 is 2.13 bits per heavy atom. The van der Waals surface area contributed by atoms with E-state index >= 15 is 0 Å². The van der Waals surface area contributed by atoms with Crippen LogP contribution in [0.4, 0.5) is 0 Å². The van der Waals surface area contributed by atoms with Gasteiger partial charge in [0.1, 0.15) is 0 Å². The molecule has 0 radical (unpaired) electrons. The van der Waals surface area contributed by atoms with Crippen LogP contribution in [-0.4, -0.2) is 5.11 Å². The van der Waals surface area contributed by atoms with E-state index in [0.717, 1.165) is 12.0 Å². The number of hydrogen-bond donors (Lipinski definition) is 1. The van der Waals surface area contributed by atoms with E-state index in [1.807, 2.05) is 0 Å². The summed E-state index contributed by atoms with van der Waals surface area (Å²) in [6, 6.07) is 6.43. The van der Waals surface area contributed by atoms with Crippen molar-refractivity contribution < 1.29 is 5.11 Å². The van der Waals surface area contributed by atoms with Gasteiger partial charge in [0.15, 0.2) is 0 Å². The van der Waals surface area contributed by atoms with Gasteiger partial charge in [-0.3, -0.25) is 0 Å². The normalized spacial score (nSPS) is 20.0. The summed E-state index contributed by atoms with van der Waals surface area (Å²) in [5.41, 5.74) is 3.04. The van der Waals surface area contributed by atoms with E-state index in [-0.39, 0.29) is 0 Å². The molecular weight excluding hydrogens is 184 g/mol. The molecule has 1 fully saturated rings. The minimum atomic E-state index is -0.573. The molecule has 1 unspecified atom stereocenters. The van der Waals surface area contributed by atoms with E-state index in [9.17, 15) is 5.11 Å². The molecule has 0 spiro atoms. The molecule has 0 aromatic heterocycles. The molecule has 0 heterocycles. The van der Waals surface area contributed by atoms with Crippen molar-refractivity contribution in [2.75, 3.05) is 0 Å². The maximum atomic E-state index is 10.7. The first-order chi connectivity index (χ1) is 7.06. The number of aliphatic hydroxyl groups is 1. The fourth-order valence-electron chi connectivity index (χ4n) is 2.51. The molecular formula is C14H20O. The van der Waals surface area contributed by atoms with Gasteiger partial charge in [0.25, 0.3) is 0 Å². The number of aryl methyl sites for hydroxylation is 2. The van der Waals surface area contributed by atoms with Crippen molar-refractivity contribution in [1.82, 2.24) is 0 Å². The van der Waals surface area contributed by atoms with Crippen molar-refractivity contribution in [3.63, 3.8) is 0 Å². The number of benzene rings is 1. The van der Waals surface area contributed by atoms with E-state index in [1.54, 1.807) is 0 Å². The number of rotatable bonds is 3. The predicted molar refractivity (Wildman–Crippen MR) is 62.8 cm³/mol. The highest BCUT2D eigenvalue weighted by molar-refractivity contribution is 5.33. The van der Waals surface area contributed by atoms with E-state index < -0.39 is 5.60 Å². The molecule has 1 atom stereocenters. The first-order valence-electron chi connectivity index (χ1n) is 5.87. The topological polar surface area (TPSA) is 20.2 Å². The van der Waals surface area contributed by atoms with E-state index in [0.29, 0.717) is 5.92 Å². The van der Waals surface area contributed by atoms with Crippen molar-refractivity contribution in [2.24, 2.45) is 5.92 Å². The van der Waals surface area contributed by atoms with Crippen LogP contribution in [-0.2, 0) is 5.60 Å². The molecule has 0 bridgehead atoms. The lowest BCUT2D eigenvalue weighted by molar-refractivity contribution is 0.00880. The molecule has 0 aliphatic heterocycles. The second-order valence-electron chi connectivity index (χ2n) is 4.93. The highest BCUT2D eigenvalue weighted by atomic mass is 16.3. The molecule has 1 aromatic rings. The first-order valence-corrected chi connectivity index (χ1v) is 5.87. The van der Waals surface area contributed by atoms with Crippen molar-refractivity contribution in [2.45, 2.75) is 45.6 Å². The van der Waals surface area contributed by atoms with Gasteiger partial charge in [-0.25, -0.2) is 0 Å². The predicted octanol–water partition coefficient (Wildman–Crippen LogP) is 3.31. The Morgan fingerprint density at radius 2 is 1.73 bits per heavy atom. The molecule has 0 saturated heterocycles. The van der Waals surface area contributed by atoms with Crippen LogP contribution in [0.1, 0.15) is 42.9 Å². The van der Waals surface area contributed by atoms with Crippen molar-refractivity contribution in [1.29, 1.82) is 0 Å². The fourth-order valence-corrected chi connectivity index (χ4v) is 2.51. The molecule has 2 rings (SSSR count). The summed E-state index contributed by atoms with van der Waals surface area (Å²) < 4.78 is 0. The van der Waals surface area contributed by atoms with Crippen LogP contribution >= 0.6 is 0 Å². The molecule has 1 aliphatic rings. The third-order valence-corrected chi connectivity index (χ3v) is 3.51. The summed E-state index contributed by atoms with van der Waals surface area (Å²) in [5, 5.41) is 10.7. The van der Waals surface area contributed by atoms with Gasteiger partial charge in [-0.1, -0.05) is 36.2 Å². The van der Waals surface area contributed by atoms with Crippen LogP contribution in [0.25, 0.3) is 0 Å². The maximum Gasteiger partial charge on any atom is 0.0922 e. The van der Waals surface area contributed by atoms with E-state index in [4.69, 9.17) is 0 Å².